The molecule has 0 spiro atoms. The molecule has 1 unspecified atom stereocenters. The van der Waals surface area contributed by atoms with Crippen molar-refractivity contribution in [2.24, 2.45) is 0 Å². The van der Waals surface area contributed by atoms with Crippen molar-refractivity contribution in [3.63, 3.8) is 0 Å². The average molecular weight is 405 g/mol. The van der Waals surface area contributed by atoms with Gasteiger partial charge in [-0.15, -0.1) is 0 Å². The van der Waals surface area contributed by atoms with Crippen molar-refractivity contribution in [1.82, 2.24) is 19.9 Å². The number of carbonyl (C=O) groups excluding carboxylic acids is 2. The normalized spacial score (nSPS) is 15.8. The van der Waals surface area contributed by atoms with Crippen LogP contribution in [0.25, 0.3) is 0 Å². The zero-order chi connectivity index (χ0) is 21.1. The zero-order valence-corrected chi connectivity index (χ0v) is 16.4. The number of rotatable bonds is 4. The number of hydrogen-bond donors (Lipinski definition) is 1. The molecule has 0 bridgehead atoms. The van der Waals surface area contributed by atoms with Gasteiger partial charge in [0.2, 0.25) is 0 Å². The summed E-state index contributed by atoms with van der Waals surface area (Å²) in [5, 5.41) is 2.71. The number of pyridine rings is 1. The lowest BCUT2D eigenvalue weighted by Crippen LogP contribution is -2.31. The Morgan fingerprint density at radius 3 is 2.67 bits per heavy atom. The van der Waals surface area contributed by atoms with Crippen LogP contribution in [0.15, 0.2) is 55.0 Å². The van der Waals surface area contributed by atoms with Crippen LogP contribution in [0.2, 0.25) is 0 Å². The van der Waals surface area contributed by atoms with E-state index in [1.54, 1.807) is 36.4 Å². The number of anilines is 1. The maximum atomic E-state index is 13.0. The summed E-state index contributed by atoms with van der Waals surface area (Å²) in [6, 6.07) is 8.74. The lowest BCUT2D eigenvalue weighted by molar-refractivity contribution is 0.0728. The number of aromatic nitrogens is 3. The lowest BCUT2D eigenvalue weighted by Gasteiger charge is -2.24. The van der Waals surface area contributed by atoms with Crippen molar-refractivity contribution >= 4 is 17.5 Å². The number of carbonyl (C=O) groups is 2. The first-order valence-corrected chi connectivity index (χ1v) is 9.64. The molecule has 1 fully saturated rings. The number of aryl methyl sites for hydroxylation is 1. The average Bonchev–Trinajstić information content (AvgIpc) is 3.25. The Morgan fingerprint density at radius 2 is 1.97 bits per heavy atom. The Hall–Kier alpha value is -3.68. The van der Waals surface area contributed by atoms with E-state index in [0.717, 1.165) is 12.8 Å². The molecule has 2 aromatic heterocycles. The van der Waals surface area contributed by atoms with Crippen LogP contribution in [-0.2, 0) is 0 Å². The molecule has 0 aliphatic carbocycles. The van der Waals surface area contributed by atoms with E-state index in [4.69, 9.17) is 0 Å². The third kappa shape index (κ3) is 4.03. The molecule has 3 heterocycles. The fraction of sp³-hybridized carbons (Fsp3) is 0.227. The van der Waals surface area contributed by atoms with Crippen LogP contribution < -0.4 is 5.32 Å². The van der Waals surface area contributed by atoms with Gasteiger partial charge >= 0.3 is 0 Å². The van der Waals surface area contributed by atoms with Crippen LogP contribution >= 0.6 is 0 Å². The van der Waals surface area contributed by atoms with Crippen LogP contribution in [0.5, 0.6) is 0 Å². The molecule has 0 saturated carbocycles. The highest BCUT2D eigenvalue weighted by Crippen LogP contribution is 2.31. The highest BCUT2D eigenvalue weighted by Gasteiger charge is 2.33. The predicted octanol–water partition coefficient (Wildman–Crippen LogP) is 3.55. The van der Waals surface area contributed by atoms with Gasteiger partial charge in [-0.25, -0.2) is 14.4 Å². The van der Waals surface area contributed by atoms with Crippen molar-refractivity contribution in [3.8, 4) is 0 Å². The second kappa shape index (κ2) is 8.36. The first kappa shape index (κ1) is 19.6. The molecule has 3 aromatic rings. The maximum absolute atomic E-state index is 13.0. The maximum Gasteiger partial charge on any atom is 0.259 e. The smallest absolute Gasteiger partial charge is 0.259 e. The summed E-state index contributed by atoms with van der Waals surface area (Å²) < 4.78 is 13.0. The van der Waals surface area contributed by atoms with Crippen LogP contribution in [0, 0.1) is 12.7 Å². The molecule has 1 saturated heterocycles. The van der Waals surface area contributed by atoms with Gasteiger partial charge in [-0.05, 0) is 56.2 Å². The van der Waals surface area contributed by atoms with Crippen molar-refractivity contribution in [2.45, 2.75) is 25.8 Å². The number of likely N-dealkylation sites (tertiary alicyclic amines) is 1. The number of nitrogens with one attached hydrogen (secondary N) is 1. The lowest BCUT2D eigenvalue weighted by atomic mass is 10.1. The second-order valence-corrected chi connectivity index (χ2v) is 7.09. The minimum Gasteiger partial charge on any atom is -0.328 e. The van der Waals surface area contributed by atoms with Gasteiger partial charge in [-0.1, -0.05) is 0 Å². The summed E-state index contributed by atoms with van der Waals surface area (Å²) in [5.74, 6) is -0.343. The van der Waals surface area contributed by atoms with E-state index in [2.05, 4.69) is 20.3 Å². The summed E-state index contributed by atoms with van der Waals surface area (Å²) >= 11 is 0. The molecule has 7 nitrogen and oxygen atoms in total. The highest BCUT2D eigenvalue weighted by molar-refractivity contribution is 6.04. The van der Waals surface area contributed by atoms with E-state index in [9.17, 15) is 14.0 Å². The molecule has 2 amide bonds. The second-order valence-electron chi connectivity index (χ2n) is 7.09. The van der Waals surface area contributed by atoms with Crippen LogP contribution in [-0.4, -0.2) is 38.2 Å². The van der Waals surface area contributed by atoms with Crippen LogP contribution in [0.1, 0.15) is 51.1 Å². The zero-order valence-electron chi connectivity index (χ0n) is 16.4. The molecule has 1 aliphatic rings. The minimum atomic E-state index is -0.376. The molecule has 30 heavy (non-hydrogen) atoms. The minimum absolute atomic E-state index is 0.106. The molecule has 1 atom stereocenters. The molecular formula is C22H20FN5O2. The molecule has 152 valence electrons. The predicted molar refractivity (Wildman–Crippen MR) is 108 cm³/mol. The summed E-state index contributed by atoms with van der Waals surface area (Å²) in [4.78, 5) is 40.1. The van der Waals surface area contributed by atoms with E-state index in [1.165, 1.54) is 30.5 Å². The molecule has 0 radical (unpaired) electrons. The third-order valence-electron chi connectivity index (χ3n) is 5.06. The Labute approximate surface area is 173 Å². The van der Waals surface area contributed by atoms with Crippen molar-refractivity contribution in [2.75, 3.05) is 11.9 Å². The number of hydrogen-bond acceptors (Lipinski definition) is 5. The first-order valence-electron chi connectivity index (χ1n) is 9.64. The molecule has 1 aliphatic heterocycles. The van der Waals surface area contributed by atoms with Gasteiger partial charge in [0.05, 0.1) is 22.9 Å². The summed E-state index contributed by atoms with van der Waals surface area (Å²) in [6.07, 6.45) is 6.26. The Kier molecular flexibility index (Phi) is 5.47. The number of nitrogens with zero attached hydrogens (tertiary/aromatic N) is 4. The Bertz CT molecular complexity index is 1070. The van der Waals surface area contributed by atoms with Crippen molar-refractivity contribution in [3.05, 3.63) is 83.5 Å². The van der Waals surface area contributed by atoms with E-state index in [0.29, 0.717) is 34.9 Å². The molecular weight excluding hydrogens is 385 g/mol. The van der Waals surface area contributed by atoms with E-state index in [1.807, 2.05) is 0 Å². The van der Waals surface area contributed by atoms with Crippen LogP contribution in [0.3, 0.4) is 0 Å². The van der Waals surface area contributed by atoms with Gasteiger partial charge in [0.1, 0.15) is 5.82 Å². The van der Waals surface area contributed by atoms with E-state index >= 15 is 0 Å². The van der Waals surface area contributed by atoms with Gasteiger partial charge in [0.15, 0.2) is 5.82 Å². The summed E-state index contributed by atoms with van der Waals surface area (Å²) in [5.41, 5.74) is 1.84. The van der Waals surface area contributed by atoms with E-state index < -0.39 is 0 Å². The van der Waals surface area contributed by atoms with Crippen molar-refractivity contribution in [1.29, 1.82) is 0 Å². The molecule has 1 aromatic carbocycles. The number of amides is 2. The topological polar surface area (TPSA) is 88.1 Å². The van der Waals surface area contributed by atoms with Gasteiger partial charge in [0.25, 0.3) is 11.8 Å². The highest BCUT2D eigenvalue weighted by atomic mass is 19.1. The number of benzene rings is 1. The molecule has 4 rings (SSSR count). The number of halogens is 1. The van der Waals surface area contributed by atoms with Crippen LogP contribution in [0.4, 0.5) is 10.1 Å². The Morgan fingerprint density at radius 1 is 1.17 bits per heavy atom. The van der Waals surface area contributed by atoms with Gasteiger partial charge in [0, 0.05) is 30.8 Å². The fourth-order valence-electron chi connectivity index (χ4n) is 3.53. The summed E-state index contributed by atoms with van der Waals surface area (Å²) in [7, 11) is 0. The first-order chi connectivity index (χ1) is 14.5. The monoisotopic (exact) mass is 405 g/mol. The fourth-order valence-corrected chi connectivity index (χ4v) is 3.53. The van der Waals surface area contributed by atoms with Crippen molar-refractivity contribution < 1.29 is 14.0 Å². The van der Waals surface area contributed by atoms with E-state index in [-0.39, 0.29) is 23.7 Å². The molecule has 1 N–H and O–H groups in total. The summed E-state index contributed by atoms with van der Waals surface area (Å²) in [6.45, 7) is 2.35. The van der Waals surface area contributed by atoms with Gasteiger partial charge in [-0.3, -0.25) is 14.6 Å². The SMILES string of the molecule is Cc1nc(C2CCCN2C(=O)c2cccnc2)ncc1C(=O)Nc1ccc(F)cc1. The largest absolute Gasteiger partial charge is 0.328 e. The van der Waals surface area contributed by atoms with Gasteiger partial charge in [-0.2, -0.15) is 0 Å². The van der Waals surface area contributed by atoms with Gasteiger partial charge < -0.3 is 10.2 Å². The standard InChI is InChI=1S/C22H20FN5O2/c1-14-18(21(29)27-17-8-6-16(23)7-9-17)13-25-20(26-14)19-5-3-11-28(19)22(30)15-4-2-10-24-12-15/h2,4,6-10,12-13,19H,3,5,11H2,1H3,(H,27,29). The quantitative estimate of drug-likeness (QED) is 0.717. The third-order valence-corrected chi connectivity index (χ3v) is 5.06. The Balaban J connectivity index is 1.52. The molecule has 8 heteroatoms.